The highest BCUT2D eigenvalue weighted by atomic mass is 32.2. The average molecular weight is 316 g/mol. The Morgan fingerprint density at radius 1 is 1.38 bits per heavy atom. The molecule has 0 aromatic heterocycles. The Morgan fingerprint density at radius 3 is 2.71 bits per heavy atom. The van der Waals surface area contributed by atoms with Crippen LogP contribution in [0.15, 0.2) is 0 Å². The average Bonchev–Trinajstić information content (AvgIpc) is 2.45. The van der Waals surface area contributed by atoms with E-state index in [2.05, 4.69) is 12.2 Å². The number of nitrogens with zero attached hydrogens (tertiary/aromatic N) is 1. The van der Waals surface area contributed by atoms with Gasteiger partial charge in [-0.15, -0.1) is 0 Å². The van der Waals surface area contributed by atoms with Crippen LogP contribution in [0.25, 0.3) is 0 Å². The first-order chi connectivity index (χ1) is 9.83. The smallest absolute Gasteiger partial charge is 0.223 e. The molecule has 0 aliphatic carbocycles. The minimum atomic E-state index is -3.03. The summed E-state index contributed by atoms with van der Waals surface area (Å²) in [6, 6.07) is -0.215. The first kappa shape index (κ1) is 16.7. The van der Waals surface area contributed by atoms with Gasteiger partial charge < -0.3 is 10.2 Å². The van der Waals surface area contributed by atoms with Gasteiger partial charge in [0.15, 0.2) is 9.84 Å². The van der Waals surface area contributed by atoms with Crippen LogP contribution in [0, 0.1) is 11.8 Å². The first-order valence-corrected chi connectivity index (χ1v) is 9.76. The van der Waals surface area contributed by atoms with E-state index >= 15 is 0 Å². The molecular weight excluding hydrogens is 288 g/mol. The molecule has 0 spiro atoms. The van der Waals surface area contributed by atoms with Gasteiger partial charge in [0.2, 0.25) is 5.91 Å². The quantitative estimate of drug-likeness (QED) is 0.845. The van der Waals surface area contributed by atoms with E-state index in [9.17, 15) is 13.2 Å². The Bertz CT molecular complexity index is 471. The number of amides is 1. The fourth-order valence-electron chi connectivity index (χ4n) is 3.44. The van der Waals surface area contributed by atoms with Gasteiger partial charge in [0.05, 0.1) is 11.0 Å². The summed E-state index contributed by atoms with van der Waals surface area (Å²) in [5.74, 6) is 1.13. The molecular formula is C15H28N2O3S. The van der Waals surface area contributed by atoms with Gasteiger partial charge in [-0.25, -0.2) is 8.42 Å². The van der Waals surface area contributed by atoms with Crippen LogP contribution in [0.5, 0.6) is 0 Å². The van der Waals surface area contributed by atoms with Crippen LogP contribution in [-0.4, -0.2) is 55.9 Å². The van der Waals surface area contributed by atoms with Crippen molar-refractivity contribution < 1.29 is 13.2 Å². The molecule has 0 saturated carbocycles. The summed E-state index contributed by atoms with van der Waals surface area (Å²) in [6.45, 7) is 8.14. The highest BCUT2D eigenvalue weighted by Gasteiger charge is 2.38. The second-order valence-corrected chi connectivity index (χ2v) is 9.17. The van der Waals surface area contributed by atoms with Crippen LogP contribution in [-0.2, 0) is 14.6 Å². The van der Waals surface area contributed by atoms with Crippen LogP contribution in [0.2, 0.25) is 0 Å². The van der Waals surface area contributed by atoms with E-state index < -0.39 is 15.1 Å². The molecule has 2 fully saturated rings. The second kappa shape index (κ2) is 6.65. The van der Waals surface area contributed by atoms with E-state index in [1.807, 2.05) is 6.92 Å². The van der Waals surface area contributed by atoms with Gasteiger partial charge in [-0.05, 0) is 51.6 Å². The van der Waals surface area contributed by atoms with Crippen molar-refractivity contribution in [1.82, 2.24) is 10.2 Å². The summed E-state index contributed by atoms with van der Waals surface area (Å²) < 4.78 is 23.8. The maximum atomic E-state index is 12.5. The van der Waals surface area contributed by atoms with E-state index in [0.29, 0.717) is 24.8 Å². The van der Waals surface area contributed by atoms with Gasteiger partial charge in [0.25, 0.3) is 0 Å². The molecule has 0 aromatic carbocycles. The molecule has 21 heavy (non-hydrogen) atoms. The fourth-order valence-corrected chi connectivity index (χ4v) is 5.01. The lowest BCUT2D eigenvalue weighted by Gasteiger charge is -2.38. The fraction of sp³-hybridized carbons (Fsp3) is 0.933. The van der Waals surface area contributed by atoms with Gasteiger partial charge in [0.1, 0.15) is 0 Å². The molecule has 2 heterocycles. The van der Waals surface area contributed by atoms with Gasteiger partial charge in [-0.3, -0.25) is 4.79 Å². The van der Waals surface area contributed by atoms with Crippen molar-refractivity contribution in [3.63, 3.8) is 0 Å². The van der Waals surface area contributed by atoms with Gasteiger partial charge in [-0.2, -0.15) is 0 Å². The van der Waals surface area contributed by atoms with Crippen molar-refractivity contribution in [2.24, 2.45) is 11.8 Å². The monoisotopic (exact) mass is 316 g/mol. The minimum Gasteiger partial charge on any atom is -0.338 e. The maximum absolute atomic E-state index is 12.5. The van der Waals surface area contributed by atoms with Crippen molar-refractivity contribution >= 4 is 15.7 Å². The molecule has 4 unspecified atom stereocenters. The van der Waals surface area contributed by atoms with Crippen LogP contribution in [0.4, 0.5) is 0 Å². The molecule has 0 aromatic rings. The number of piperidine rings is 1. The zero-order chi connectivity index (χ0) is 15.6. The summed E-state index contributed by atoms with van der Waals surface area (Å²) >= 11 is 0. The third kappa shape index (κ3) is 3.77. The van der Waals surface area contributed by atoms with Crippen LogP contribution in [0.3, 0.4) is 0 Å². The number of nitrogens with one attached hydrogen (secondary N) is 1. The molecule has 2 aliphatic heterocycles. The molecule has 1 N–H and O–H groups in total. The van der Waals surface area contributed by atoms with Crippen molar-refractivity contribution in [3.05, 3.63) is 0 Å². The molecule has 4 atom stereocenters. The maximum Gasteiger partial charge on any atom is 0.223 e. The zero-order valence-corrected chi connectivity index (χ0v) is 14.2. The highest BCUT2D eigenvalue weighted by molar-refractivity contribution is 7.92. The summed E-state index contributed by atoms with van der Waals surface area (Å²) in [5, 5.41) is 2.93. The van der Waals surface area contributed by atoms with Crippen molar-refractivity contribution in [3.8, 4) is 0 Å². The predicted molar refractivity (Wildman–Crippen MR) is 83.8 cm³/mol. The zero-order valence-electron chi connectivity index (χ0n) is 13.3. The van der Waals surface area contributed by atoms with Crippen LogP contribution >= 0.6 is 0 Å². The minimum absolute atomic E-state index is 0.101. The summed E-state index contributed by atoms with van der Waals surface area (Å²) in [5.41, 5.74) is 0. The molecule has 122 valence electrons. The van der Waals surface area contributed by atoms with Crippen molar-refractivity contribution in [2.75, 3.05) is 25.4 Å². The van der Waals surface area contributed by atoms with Crippen LogP contribution in [0.1, 0.15) is 40.0 Å². The lowest BCUT2D eigenvalue weighted by molar-refractivity contribution is -0.134. The van der Waals surface area contributed by atoms with Gasteiger partial charge >= 0.3 is 0 Å². The third-order valence-corrected chi connectivity index (χ3v) is 7.59. The Balaban J connectivity index is 1.94. The Morgan fingerprint density at radius 2 is 2.10 bits per heavy atom. The second-order valence-electron chi connectivity index (χ2n) is 6.69. The topological polar surface area (TPSA) is 66.5 Å². The Labute approximate surface area is 128 Å². The number of hydrogen-bond donors (Lipinski definition) is 1. The van der Waals surface area contributed by atoms with E-state index in [-0.39, 0.29) is 17.7 Å². The van der Waals surface area contributed by atoms with E-state index in [4.69, 9.17) is 0 Å². The number of sulfone groups is 1. The molecule has 2 saturated heterocycles. The number of carbonyl (C=O) groups excluding carboxylic acids is 1. The third-order valence-electron chi connectivity index (χ3n) is 5.31. The lowest BCUT2D eigenvalue weighted by atomic mass is 9.85. The Hall–Kier alpha value is -0.620. The SMILES string of the molecule is CC(CC(=O)N1CCS(=O)(=O)C(C)C1C)C1CCCNC1. The van der Waals surface area contributed by atoms with Gasteiger partial charge in [-0.1, -0.05) is 6.92 Å². The van der Waals surface area contributed by atoms with Crippen LogP contribution < -0.4 is 5.32 Å². The highest BCUT2D eigenvalue weighted by Crippen LogP contribution is 2.26. The molecule has 0 bridgehead atoms. The molecule has 6 heteroatoms. The number of hydrogen-bond acceptors (Lipinski definition) is 4. The molecule has 5 nitrogen and oxygen atoms in total. The van der Waals surface area contributed by atoms with E-state index in [1.54, 1.807) is 11.8 Å². The van der Waals surface area contributed by atoms with Gasteiger partial charge in [0, 0.05) is 19.0 Å². The molecule has 2 rings (SSSR count). The van der Waals surface area contributed by atoms with Crippen molar-refractivity contribution in [1.29, 1.82) is 0 Å². The number of carbonyl (C=O) groups is 1. The van der Waals surface area contributed by atoms with E-state index in [1.165, 1.54) is 12.8 Å². The summed E-state index contributed by atoms with van der Waals surface area (Å²) in [6.07, 6.45) is 2.89. The van der Waals surface area contributed by atoms with E-state index in [0.717, 1.165) is 13.1 Å². The number of rotatable bonds is 3. The predicted octanol–water partition coefficient (Wildman–Crippen LogP) is 1.05. The summed E-state index contributed by atoms with van der Waals surface area (Å²) in [7, 11) is -3.03. The lowest BCUT2D eigenvalue weighted by Crippen LogP contribution is -2.54. The first-order valence-electron chi connectivity index (χ1n) is 8.04. The summed E-state index contributed by atoms with van der Waals surface area (Å²) in [4.78, 5) is 14.3. The molecule has 2 aliphatic rings. The normalized spacial score (nSPS) is 34.4. The molecule has 1 amide bonds. The molecule has 0 radical (unpaired) electrons. The standard InChI is InChI=1S/C15H28N2O3S/c1-11(14-5-4-6-16-10-14)9-15(18)17-7-8-21(19,20)13(3)12(17)2/h11-14,16H,4-10H2,1-3H3. The van der Waals surface area contributed by atoms with Crippen molar-refractivity contribution in [2.45, 2.75) is 51.3 Å². The largest absolute Gasteiger partial charge is 0.338 e. The Kier molecular flexibility index (Phi) is 5.30.